The van der Waals surface area contributed by atoms with E-state index in [2.05, 4.69) is 78.8 Å². The summed E-state index contributed by atoms with van der Waals surface area (Å²) >= 11 is 1.23. The number of benzene rings is 3. The highest BCUT2D eigenvalue weighted by Gasteiger charge is 2.42. The summed E-state index contributed by atoms with van der Waals surface area (Å²) in [5, 5.41) is 79.7. The van der Waals surface area contributed by atoms with Gasteiger partial charge in [-0.1, -0.05) is 74.5 Å². The SMILES string of the molecule is CSCC[C@H](NC(=O)[C@H](CO)NC(=O)[C@H](Cc1ccc(O)cc1)NC(=O)[C@H](CO)NC(C)=O)C(=O)N[C@@H](CCC(=O)O)C(=O)N[C@@H](Cc1cnc[nH]1)C(=O)N[C@H](Cc1ccccc1)C(=O)N[C@@H](CCCNC(=N)N)C(=O)N[C@@H](Cc1c[nH]c2ccccc12)C(=O)N[C@@H](CCCCN)C(=O)N1CCC[C@H]1C(=O)N[C@H](C(N)=O)C(C)C. The third-order valence-corrected chi connectivity index (χ3v) is 19.4. The summed E-state index contributed by atoms with van der Waals surface area (Å²) in [7, 11) is 0. The molecule has 1 saturated heterocycles. The number of hydrogen-bond acceptors (Lipinski definition) is 21. The highest BCUT2D eigenvalue weighted by molar-refractivity contribution is 7.98. The Kier molecular flexibility index (Phi) is 37.1. The van der Waals surface area contributed by atoms with E-state index in [-0.39, 0.29) is 101 Å². The molecule has 620 valence electrons. The van der Waals surface area contributed by atoms with Gasteiger partial charge in [-0.15, -0.1) is 0 Å². The van der Waals surface area contributed by atoms with Crippen molar-refractivity contribution in [3.63, 3.8) is 0 Å². The standard InChI is InChI=1S/C75H106N20O18S/c1-41(2)62(63(77)102)94-73(112)60-20-13-30-95(60)74(113)53(18-10-11-28-76)88-69(108)56(34-45-36-82-49-17-9-8-16-48(45)49)91-64(103)50(19-12-29-81-75(78)79)85-67(106)54(32-43-14-6-5-7-15-43)89-70(109)57(35-46-37-80-40-83-46)92-65(104)51(25-26-61(100)101)86-66(105)52(27-31-114-4)87-72(111)59(39-97)93-68(107)55(33-44-21-23-47(99)24-22-44)90-71(110)58(38-96)84-42(3)98/h5-9,14-17,21-24,36-37,40-41,50-60,62,82,96-97,99H,10-13,18-20,25-35,38-39,76H2,1-4H3,(H2,77,102)(H,80,83)(H,84,98)(H,85,106)(H,86,105)(H,87,111)(H,88,108)(H,89,109)(H,90,110)(H,91,103)(H,92,104)(H,93,107)(H,94,112)(H,100,101)(H4,78,79,81)/t50-,51-,52-,53-,54+,55-,56-,57-,58-,59-,60-,62-/m0/s1. The van der Waals surface area contributed by atoms with Gasteiger partial charge in [0.2, 0.25) is 76.8 Å². The summed E-state index contributed by atoms with van der Waals surface area (Å²) in [6, 6.07) is 3.03. The number of aromatic nitrogens is 3. The van der Waals surface area contributed by atoms with E-state index in [4.69, 9.17) is 22.6 Å². The molecule has 3 aromatic carbocycles. The van der Waals surface area contributed by atoms with E-state index in [1.807, 2.05) is 0 Å². The number of likely N-dealkylation sites (tertiary alicyclic amines) is 1. The Morgan fingerprint density at radius 2 is 1.07 bits per heavy atom. The van der Waals surface area contributed by atoms with Gasteiger partial charge in [0.15, 0.2) is 5.96 Å². The normalized spacial score (nSPS) is 15.4. The lowest BCUT2D eigenvalue weighted by molar-refractivity contribution is -0.142. The number of aromatic hydroxyl groups is 1. The molecule has 2 aromatic heterocycles. The number of primary amides is 1. The molecule has 1 aliphatic rings. The quantitative estimate of drug-likeness (QED) is 0.0101. The first-order valence-corrected chi connectivity index (χ1v) is 38.8. The first-order valence-electron chi connectivity index (χ1n) is 37.4. The Bertz CT molecular complexity index is 4100. The summed E-state index contributed by atoms with van der Waals surface area (Å²) in [5.41, 5.74) is 19.5. The predicted molar refractivity (Wildman–Crippen MR) is 418 cm³/mol. The number of para-hydroxylation sites is 1. The summed E-state index contributed by atoms with van der Waals surface area (Å²) < 4.78 is 0. The number of nitrogens with two attached hydrogens (primary N) is 3. The van der Waals surface area contributed by atoms with Crippen molar-refractivity contribution in [2.24, 2.45) is 23.1 Å². The number of carbonyl (C=O) groups excluding carboxylic acids is 13. The predicted octanol–water partition coefficient (Wildman–Crippen LogP) is -3.65. The number of aliphatic hydroxyl groups excluding tert-OH is 2. The minimum atomic E-state index is -1.83. The molecule has 0 unspecified atom stereocenters. The maximum Gasteiger partial charge on any atom is 0.303 e. The van der Waals surface area contributed by atoms with Gasteiger partial charge >= 0.3 is 5.97 Å². The number of hydrogen-bond donors (Lipinski definition) is 22. The third-order valence-electron chi connectivity index (χ3n) is 18.8. The van der Waals surface area contributed by atoms with E-state index in [1.165, 1.54) is 53.5 Å². The van der Waals surface area contributed by atoms with Crippen molar-refractivity contribution in [2.75, 3.05) is 44.9 Å². The number of aliphatic carboxylic acids is 1. The van der Waals surface area contributed by atoms with Crippen LogP contribution in [0.4, 0.5) is 0 Å². The van der Waals surface area contributed by atoms with Crippen molar-refractivity contribution in [1.29, 1.82) is 5.41 Å². The number of carbonyl (C=O) groups is 14. The van der Waals surface area contributed by atoms with Crippen molar-refractivity contribution < 1.29 is 87.5 Å². The van der Waals surface area contributed by atoms with Crippen LogP contribution in [-0.4, -0.2) is 246 Å². The molecule has 13 amide bonds. The van der Waals surface area contributed by atoms with Gasteiger partial charge in [-0.2, -0.15) is 11.8 Å². The van der Waals surface area contributed by atoms with Gasteiger partial charge in [0.05, 0.1) is 19.5 Å². The number of guanidine groups is 1. The molecule has 0 saturated carbocycles. The third kappa shape index (κ3) is 29.1. The van der Waals surface area contributed by atoms with Crippen molar-refractivity contribution in [2.45, 2.75) is 183 Å². The molecule has 0 radical (unpaired) electrons. The number of rotatable bonds is 48. The fourth-order valence-corrected chi connectivity index (χ4v) is 13.2. The molecule has 39 heteroatoms. The molecular weight excluding hydrogens is 1500 g/mol. The maximum atomic E-state index is 15.2. The molecule has 1 aliphatic heterocycles. The molecule has 12 atom stereocenters. The van der Waals surface area contributed by atoms with Gasteiger partial charge in [-0.05, 0) is 117 Å². The molecule has 38 nitrogen and oxygen atoms in total. The van der Waals surface area contributed by atoms with Crippen LogP contribution in [0.15, 0.2) is 97.6 Å². The number of fused-ring (bicyclic) bond motifs is 1. The molecule has 0 spiro atoms. The van der Waals surface area contributed by atoms with Gasteiger partial charge in [0.25, 0.3) is 0 Å². The Morgan fingerprint density at radius 3 is 1.60 bits per heavy atom. The number of imidazole rings is 1. The van der Waals surface area contributed by atoms with Crippen LogP contribution in [0.5, 0.6) is 5.75 Å². The molecule has 5 aromatic rings. The van der Waals surface area contributed by atoms with E-state index in [9.17, 15) is 68.4 Å². The number of phenols is 1. The largest absolute Gasteiger partial charge is 0.508 e. The maximum absolute atomic E-state index is 15.2. The lowest BCUT2D eigenvalue weighted by Crippen LogP contribution is -2.61. The van der Waals surface area contributed by atoms with E-state index in [0.717, 1.165) is 6.92 Å². The van der Waals surface area contributed by atoms with Crippen LogP contribution in [0.2, 0.25) is 0 Å². The number of thioether (sulfide) groups is 1. The average Bonchev–Trinajstić information content (AvgIpc) is 1.64. The van der Waals surface area contributed by atoms with E-state index < -0.39 is 187 Å². The minimum Gasteiger partial charge on any atom is -0.508 e. The highest BCUT2D eigenvalue weighted by Crippen LogP contribution is 2.24. The molecule has 0 aliphatic carbocycles. The Morgan fingerprint density at radius 1 is 0.579 bits per heavy atom. The van der Waals surface area contributed by atoms with Crippen molar-refractivity contribution in [3.8, 4) is 5.75 Å². The van der Waals surface area contributed by atoms with Crippen LogP contribution >= 0.6 is 11.8 Å². The molecule has 6 rings (SSSR count). The fraction of sp³-hybridized carbons (Fsp3) is 0.493. The van der Waals surface area contributed by atoms with Crippen LogP contribution in [-0.2, 0) is 92.8 Å². The number of phenolic OH excluding ortho intramolecular Hbond substituents is 1. The smallest absolute Gasteiger partial charge is 0.303 e. The number of H-pyrrole nitrogens is 2. The van der Waals surface area contributed by atoms with Crippen LogP contribution < -0.4 is 81.0 Å². The Hall–Kier alpha value is -11.7. The Labute approximate surface area is 662 Å². The first kappa shape index (κ1) is 91.2. The highest BCUT2D eigenvalue weighted by atomic mass is 32.2. The van der Waals surface area contributed by atoms with E-state index in [1.54, 1.807) is 80.9 Å². The number of carboxylic acid groups (broad SMARTS) is 1. The topological polar surface area (TPSA) is 614 Å². The monoisotopic (exact) mass is 1610 g/mol. The van der Waals surface area contributed by atoms with Gasteiger partial charge < -0.3 is 116 Å². The zero-order valence-corrected chi connectivity index (χ0v) is 64.7. The Balaban J connectivity index is 1.28. The molecule has 3 heterocycles. The average molecular weight is 1610 g/mol. The van der Waals surface area contributed by atoms with Crippen LogP contribution in [0.25, 0.3) is 10.9 Å². The summed E-state index contributed by atoms with van der Waals surface area (Å²) in [6.07, 6.45) is 4.65. The molecule has 114 heavy (non-hydrogen) atoms. The van der Waals surface area contributed by atoms with E-state index in [0.29, 0.717) is 46.9 Å². The molecule has 25 N–H and O–H groups in total. The van der Waals surface area contributed by atoms with Crippen LogP contribution in [0.3, 0.4) is 0 Å². The van der Waals surface area contributed by atoms with Gasteiger partial charge in [-0.25, -0.2) is 4.98 Å². The van der Waals surface area contributed by atoms with Gasteiger partial charge in [-0.3, -0.25) is 72.5 Å². The molecule has 1 fully saturated rings. The summed E-state index contributed by atoms with van der Waals surface area (Å²) in [6.45, 7) is 2.91. The number of aromatic amines is 2. The minimum absolute atomic E-state index is 0.00742. The summed E-state index contributed by atoms with van der Waals surface area (Å²) in [5.74, 6) is -14.0. The molecule has 0 bridgehead atoms. The first-order chi connectivity index (χ1) is 54.4. The van der Waals surface area contributed by atoms with Gasteiger partial charge in [0.1, 0.15) is 78.3 Å². The lowest BCUT2D eigenvalue weighted by Gasteiger charge is -2.31. The number of nitrogens with zero attached hydrogens (tertiary/aromatic N) is 2. The number of aliphatic hydroxyl groups is 2. The van der Waals surface area contributed by atoms with Crippen molar-refractivity contribution in [3.05, 3.63) is 120 Å². The number of nitrogens with one attached hydrogen (secondary N) is 15. The fourth-order valence-electron chi connectivity index (χ4n) is 12.7. The molecular formula is C75H106N20O18S. The van der Waals surface area contributed by atoms with Crippen molar-refractivity contribution in [1.82, 2.24) is 83.7 Å². The number of unbranched alkanes of at least 4 members (excludes halogenated alkanes) is 1. The zero-order valence-electron chi connectivity index (χ0n) is 63.9. The number of amides is 13. The van der Waals surface area contributed by atoms with Crippen LogP contribution in [0.1, 0.15) is 107 Å². The second-order valence-electron chi connectivity index (χ2n) is 27.9. The van der Waals surface area contributed by atoms with E-state index >= 15 is 19.2 Å². The summed E-state index contributed by atoms with van der Waals surface area (Å²) in [4.78, 5) is 208. The second kappa shape index (κ2) is 46.3. The van der Waals surface area contributed by atoms with Crippen LogP contribution in [0, 0.1) is 11.3 Å². The van der Waals surface area contributed by atoms with Crippen molar-refractivity contribution >= 4 is 111 Å². The van der Waals surface area contributed by atoms with Gasteiger partial charge in [0, 0.05) is 81.1 Å². The second-order valence-corrected chi connectivity index (χ2v) is 28.9. The zero-order chi connectivity index (χ0) is 83.6. The lowest BCUT2D eigenvalue weighted by atomic mass is 10.0. The number of carboxylic acids is 1.